The Morgan fingerprint density at radius 2 is 2.32 bits per heavy atom. The molecule has 0 unspecified atom stereocenters. The van der Waals surface area contributed by atoms with E-state index in [1.165, 1.54) is 5.56 Å². The van der Waals surface area contributed by atoms with E-state index in [4.69, 9.17) is 13.9 Å². The van der Waals surface area contributed by atoms with Crippen molar-refractivity contribution in [3.63, 3.8) is 0 Å². The molecule has 0 N–H and O–H groups in total. The maximum Gasteiger partial charge on any atom is 0.138 e. The highest BCUT2D eigenvalue weighted by atomic mass is 16.5. The van der Waals surface area contributed by atoms with Crippen LogP contribution in [0.5, 0.6) is 5.75 Å². The largest absolute Gasteiger partial charge is 0.486 e. The van der Waals surface area contributed by atoms with Gasteiger partial charge in [-0.05, 0) is 31.0 Å². The third kappa shape index (κ3) is 2.74. The highest BCUT2D eigenvalue weighted by Crippen LogP contribution is 2.33. The predicted octanol–water partition coefficient (Wildman–Crippen LogP) is 2.49. The van der Waals surface area contributed by atoms with Crippen LogP contribution in [0.25, 0.3) is 0 Å². The molecular weight excluding hydrogens is 280 g/mol. The third-order valence-electron chi connectivity index (χ3n) is 4.54. The van der Waals surface area contributed by atoms with Crippen LogP contribution >= 0.6 is 0 Å². The van der Waals surface area contributed by atoms with Gasteiger partial charge < -0.3 is 13.9 Å². The Kier molecular flexibility index (Phi) is 3.83. The van der Waals surface area contributed by atoms with Crippen LogP contribution in [-0.2, 0) is 11.3 Å². The number of fused-ring (bicyclic) bond motifs is 1. The van der Waals surface area contributed by atoms with E-state index in [1.54, 1.807) is 18.7 Å². The van der Waals surface area contributed by atoms with Gasteiger partial charge in [-0.1, -0.05) is 0 Å². The zero-order valence-electron chi connectivity index (χ0n) is 12.4. The minimum absolute atomic E-state index is 0.112. The van der Waals surface area contributed by atoms with E-state index < -0.39 is 0 Å². The second-order valence-corrected chi connectivity index (χ2v) is 5.93. The summed E-state index contributed by atoms with van der Waals surface area (Å²) in [5.74, 6) is 0.823. The van der Waals surface area contributed by atoms with Gasteiger partial charge in [-0.25, -0.2) is 0 Å². The Morgan fingerprint density at radius 3 is 3.14 bits per heavy atom. The lowest BCUT2D eigenvalue weighted by Gasteiger charge is -2.38. The molecular formula is C17H20N2O3. The number of hydrogen-bond donors (Lipinski definition) is 0. The second-order valence-electron chi connectivity index (χ2n) is 5.93. The molecule has 1 saturated carbocycles. The molecule has 2 aliphatic rings. The minimum Gasteiger partial charge on any atom is -0.486 e. The summed E-state index contributed by atoms with van der Waals surface area (Å²) in [6, 6.07) is 6.30. The molecule has 4 rings (SSSR count). The molecule has 1 aliphatic heterocycles. The highest BCUT2D eigenvalue weighted by Gasteiger charge is 2.44. The standard InChI is InChI=1S/C17H20N2O3/c1-2-14(10-18-6-1)22-16-4-3-15-17(16)21-9-7-19(15)11-13-5-8-20-12-13/h1-2,5-6,8,10,12,15-17H,3-4,7,9,11H2/t15-,16-,17+/m0/s1. The molecule has 0 bridgehead atoms. The minimum atomic E-state index is 0.112. The molecule has 116 valence electrons. The van der Waals surface area contributed by atoms with E-state index in [9.17, 15) is 0 Å². The van der Waals surface area contributed by atoms with Gasteiger partial charge in [-0.15, -0.1) is 0 Å². The summed E-state index contributed by atoms with van der Waals surface area (Å²) in [5, 5.41) is 0. The highest BCUT2D eigenvalue weighted by molar-refractivity contribution is 5.17. The number of rotatable bonds is 4. The van der Waals surface area contributed by atoms with Crippen molar-refractivity contribution in [2.24, 2.45) is 0 Å². The van der Waals surface area contributed by atoms with Gasteiger partial charge in [0, 0.05) is 30.9 Å². The van der Waals surface area contributed by atoms with Crippen LogP contribution in [-0.4, -0.2) is 41.3 Å². The summed E-state index contributed by atoms with van der Waals surface area (Å²) in [6.07, 6.45) is 9.45. The molecule has 0 aromatic carbocycles. The quantitative estimate of drug-likeness (QED) is 0.868. The fraction of sp³-hybridized carbons (Fsp3) is 0.471. The van der Waals surface area contributed by atoms with Crippen LogP contribution in [0.3, 0.4) is 0 Å². The van der Waals surface area contributed by atoms with Crippen LogP contribution in [0, 0.1) is 0 Å². The number of ether oxygens (including phenoxy) is 2. The van der Waals surface area contributed by atoms with Crippen LogP contribution in [0.4, 0.5) is 0 Å². The Labute approximate surface area is 129 Å². The monoisotopic (exact) mass is 300 g/mol. The zero-order chi connectivity index (χ0) is 14.8. The number of nitrogens with zero attached hydrogens (tertiary/aromatic N) is 2. The smallest absolute Gasteiger partial charge is 0.138 e. The van der Waals surface area contributed by atoms with E-state index in [2.05, 4.69) is 9.88 Å². The van der Waals surface area contributed by atoms with Gasteiger partial charge in [0.1, 0.15) is 18.0 Å². The fourth-order valence-corrected chi connectivity index (χ4v) is 3.52. The maximum atomic E-state index is 6.10. The Balaban J connectivity index is 1.44. The molecule has 0 radical (unpaired) electrons. The van der Waals surface area contributed by atoms with Crippen molar-refractivity contribution >= 4 is 0 Å². The summed E-state index contributed by atoms with van der Waals surface area (Å²) in [5.41, 5.74) is 1.22. The first kappa shape index (κ1) is 13.8. The van der Waals surface area contributed by atoms with Crippen molar-refractivity contribution in [3.05, 3.63) is 48.7 Å². The Hall–Kier alpha value is -1.85. The topological polar surface area (TPSA) is 47.7 Å². The molecule has 3 heterocycles. The number of furan rings is 1. The van der Waals surface area contributed by atoms with Crippen LogP contribution in [0.15, 0.2) is 47.5 Å². The van der Waals surface area contributed by atoms with E-state index >= 15 is 0 Å². The van der Waals surface area contributed by atoms with Gasteiger partial charge in [-0.2, -0.15) is 0 Å². The van der Waals surface area contributed by atoms with Gasteiger partial charge in [0.05, 0.1) is 25.3 Å². The lowest BCUT2D eigenvalue weighted by Crippen LogP contribution is -2.51. The number of pyridine rings is 1. The van der Waals surface area contributed by atoms with Gasteiger partial charge >= 0.3 is 0 Å². The fourth-order valence-electron chi connectivity index (χ4n) is 3.52. The van der Waals surface area contributed by atoms with Crippen molar-refractivity contribution in [1.82, 2.24) is 9.88 Å². The average Bonchev–Trinajstić information content (AvgIpc) is 3.19. The molecule has 1 saturated heterocycles. The molecule has 22 heavy (non-hydrogen) atoms. The summed E-state index contributed by atoms with van der Waals surface area (Å²) in [4.78, 5) is 6.60. The van der Waals surface area contributed by atoms with Gasteiger partial charge in [-0.3, -0.25) is 9.88 Å². The van der Waals surface area contributed by atoms with Crippen molar-refractivity contribution in [1.29, 1.82) is 0 Å². The lowest BCUT2D eigenvalue weighted by molar-refractivity contribution is -0.0916. The predicted molar refractivity (Wildman–Crippen MR) is 80.5 cm³/mol. The number of aromatic nitrogens is 1. The molecule has 5 nitrogen and oxygen atoms in total. The number of morpholine rings is 1. The molecule has 0 spiro atoms. The van der Waals surface area contributed by atoms with Gasteiger partial charge in [0.2, 0.25) is 0 Å². The molecule has 1 aliphatic carbocycles. The Bertz CT molecular complexity index is 587. The summed E-state index contributed by atoms with van der Waals surface area (Å²) < 4.78 is 17.3. The molecule has 3 atom stereocenters. The first-order chi connectivity index (χ1) is 10.9. The molecule has 2 aromatic rings. The normalized spacial score (nSPS) is 28.5. The summed E-state index contributed by atoms with van der Waals surface area (Å²) in [7, 11) is 0. The van der Waals surface area contributed by atoms with Crippen molar-refractivity contribution in [2.45, 2.75) is 37.6 Å². The summed E-state index contributed by atoms with van der Waals surface area (Å²) in [6.45, 7) is 2.64. The van der Waals surface area contributed by atoms with Crippen LogP contribution in [0.2, 0.25) is 0 Å². The van der Waals surface area contributed by atoms with Crippen molar-refractivity contribution in [2.75, 3.05) is 13.2 Å². The van der Waals surface area contributed by atoms with Gasteiger partial charge in [0.25, 0.3) is 0 Å². The average molecular weight is 300 g/mol. The van der Waals surface area contributed by atoms with Crippen molar-refractivity contribution in [3.8, 4) is 5.75 Å². The second kappa shape index (κ2) is 6.10. The first-order valence-corrected chi connectivity index (χ1v) is 7.83. The van der Waals surface area contributed by atoms with Crippen LogP contribution < -0.4 is 4.74 Å². The zero-order valence-corrected chi connectivity index (χ0v) is 12.4. The molecule has 2 fully saturated rings. The summed E-state index contributed by atoms with van der Waals surface area (Å²) >= 11 is 0. The first-order valence-electron chi connectivity index (χ1n) is 7.83. The van der Waals surface area contributed by atoms with E-state index in [0.29, 0.717) is 6.04 Å². The van der Waals surface area contributed by atoms with E-state index in [0.717, 1.165) is 38.3 Å². The van der Waals surface area contributed by atoms with Crippen LogP contribution in [0.1, 0.15) is 18.4 Å². The molecule has 2 aromatic heterocycles. The third-order valence-corrected chi connectivity index (χ3v) is 4.54. The van der Waals surface area contributed by atoms with Crippen molar-refractivity contribution < 1.29 is 13.9 Å². The Morgan fingerprint density at radius 1 is 1.32 bits per heavy atom. The molecule has 5 heteroatoms. The molecule has 0 amide bonds. The lowest BCUT2D eigenvalue weighted by atomic mass is 10.1. The SMILES string of the molecule is c1cncc(O[C@H]2CC[C@H]3[C@H]2OCCN3Cc2ccoc2)c1. The maximum absolute atomic E-state index is 6.10. The van der Waals surface area contributed by atoms with E-state index in [-0.39, 0.29) is 12.2 Å². The van der Waals surface area contributed by atoms with E-state index in [1.807, 2.05) is 24.5 Å². The number of hydrogen-bond acceptors (Lipinski definition) is 5. The van der Waals surface area contributed by atoms with Gasteiger partial charge in [0.15, 0.2) is 0 Å².